The number of nitrogens with zero attached hydrogens (tertiary/aromatic N) is 4. The molecule has 2 aliphatic heterocycles. The van der Waals surface area contributed by atoms with E-state index in [2.05, 4.69) is 200 Å². The van der Waals surface area contributed by atoms with Crippen molar-refractivity contribution < 1.29 is 4.74 Å². The van der Waals surface area contributed by atoms with Crippen molar-refractivity contribution in [3.8, 4) is 0 Å². The maximum Gasteiger partial charge on any atom is 0.0602 e. The Balaban J connectivity index is 0.795. The maximum absolute atomic E-state index is 6.98. The molecule has 4 heterocycles. The highest BCUT2D eigenvalue weighted by Gasteiger charge is 2.29. The van der Waals surface area contributed by atoms with Gasteiger partial charge >= 0.3 is 0 Å². The summed E-state index contributed by atoms with van der Waals surface area (Å²) in [6.07, 6.45) is 2.17. The zero-order valence-corrected chi connectivity index (χ0v) is 39.2. The van der Waals surface area contributed by atoms with E-state index >= 15 is 0 Å². The molecule has 0 N–H and O–H groups in total. The Hall–Kier alpha value is -4.96. The molecule has 10 rings (SSSR count). The summed E-state index contributed by atoms with van der Waals surface area (Å²) in [5.74, 6) is 0.656. The monoisotopic (exact) mass is 894 g/mol. The Morgan fingerprint density at radius 2 is 0.738 bits per heavy atom. The van der Waals surface area contributed by atoms with Gasteiger partial charge in [-0.25, -0.2) is 0 Å². The Labute approximate surface area is 394 Å². The highest BCUT2D eigenvalue weighted by molar-refractivity contribution is 7.17. The highest BCUT2D eigenvalue weighted by Crippen LogP contribution is 2.34. The molecule has 2 aliphatic rings. The number of ether oxygens (including phenoxy) is 1. The summed E-state index contributed by atoms with van der Waals surface area (Å²) < 4.78 is 9.69. The van der Waals surface area contributed by atoms with E-state index in [1.54, 1.807) is 0 Å². The molecule has 0 bridgehead atoms. The summed E-state index contributed by atoms with van der Waals surface area (Å²) in [6.45, 7) is 12.2. The van der Waals surface area contributed by atoms with E-state index in [9.17, 15) is 0 Å². The summed E-state index contributed by atoms with van der Waals surface area (Å²) in [4.78, 5) is 10.8. The Bertz CT molecular complexity index is 2390. The molecule has 7 heteroatoms. The number of hydrogen-bond donors (Lipinski definition) is 0. The van der Waals surface area contributed by atoms with Crippen molar-refractivity contribution in [2.24, 2.45) is 0 Å². The first kappa shape index (κ1) is 43.9. The highest BCUT2D eigenvalue weighted by atomic mass is 32.1. The fraction of sp³-hybridized carbons (Fsp3) is 0.310. The molecule has 0 amide bonds. The van der Waals surface area contributed by atoms with E-state index in [0.717, 1.165) is 91.5 Å². The average molecular weight is 895 g/mol. The first-order valence-corrected chi connectivity index (χ1v) is 25.6. The summed E-state index contributed by atoms with van der Waals surface area (Å²) >= 11 is 3.66. The van der Waals surface area contributed by atoms with Gasteiger partial charge in [-0.05, 0) is 117 Å². The lowest BCUT2D eigenvalue weighted by Crippen LogP contribution is -2.48. The van der Waals surface area contributed by atoms with Crippen LogP contribution in [0.15, 0.2) is 181 Å². The van der Waals surface area contributed by atoms with Crippen molar-refractivity contribution in [3.63, 3.8) is 0 Å². The third-order valence-corrected chi connectivity index (χ3v) is 15.9. The third kappa shape index (κ3) is 10.9. The second-order valence-corrected chi connectivity index (χ2v) is 20.0. The molecule has 65 heavy (non-hydrogen) atoms. The van der Waals surface area contributed by atoms with Crippen LogP contribution in [0.1, 0.15) is 70.1 Å². The van der Waals surface area contributed by atoms with Crippen LogP contribution in [0.2, 0.25) is 0 Å². The smallest absolute Gasteiger partial charge is 0.0602 e. The van der Waals surface area contributed by atoms with E-state index in [0.29, 0.717) is 11.8 Å². The Morgan fingerprint density at radius 3 is 1.09 bits per heavy atom. The summed E-state index contributed by atoms with van der Waals surface area (Å²) in [5, 5.41) is 7.13. The van der Waals surface area contributed by atoms with E-state index in [1.807, 2.05) is 22.7 Å². The number of piperazine rings is 2. The number of thiophene rings is 2. The summed E-state index contributed by atoms with van der Waals surface area (Å²) in [6, 6.07) is 63.6. The quantitative estimate of drug-likeness (QED) is 0.0853. The lowest BCUT2D eigenvalue weighted by atomic mass is 9.93. The first-order chi connectivity index (χ1) is 32.2. The lowest BCUT2D eigenvalue weighted by molar-refractivity contribution is 0.0792. The molecule has 0 saturated carbocycles. The van der Waals surface area contributed by atoms with Crippen molar-refractivity contribution in [2.45, 2.75) is 36.8 Å². The van der Waals surface area contributed by atoms with Crippen molar-refractivity contribution in [3.05, 3.63) is 214 Å². The minimum Gasteiger partial charge on any atom is -0.380 e. The van der Waals surface area contributed by atoms with Crippen LogP contribution in [0.3, 0.4) is 0 Å². The average Bonchev–Trinajstić information content (AvgIpc) is 4.06. The molecule has 2 fully saturated rings. The van der Waals surface area contributed by atoms with Crippen LogP contribution in [-0.2, 0) is 4.74 Å². The van der Waals surface area contributed by atoms with E-state index < -0.39 is 0 Å². The second-order valence-electron chi connectivity index (χ2n) is 18.1. The van der Waals surface area contributed by atoms with Crippen molar-refractivity contribution in [2.75, 3.05) is 78.7 Å². The third-order valence-electron chi connectivity index (χ3n) is 14.1. The van der Waals surface area contributed by atoms with Gasteiger partial charge in [0.1, 0.15) is 0 Å². The van der Waals surface area contributed by atoms with Crippen LogP contribution < -0.4 is 0 Å². The van der Waals surface area contributed by atoms with Gasteiger partial charge in [0, 0.05) is 73.6 Å². The zero-order valence-electron chi connectivity index (χ0n) is 37.5. The number of rotatable bonds is 18. The Morgan fingerprint density at radius 1 is 0.385 bits per heavy atom. The molecule has 2 atom stereocenters. The van der Waals surface area contributed by atoms with Gasteiger partial charge < -0.3 is 14.5 Å². The van der Waals surface area contributed by atoms with Gasteiger partial charge in [-0.1, -0.05) is 133 Å². The minimum absolute atomic E-state index is 0.280. The van der Waals surface area contributed by atoms with E-state index in [-0.39, 0.29) is 12.1 Å². The summed E-state index contributed by atoms with van der Waals surface area (Å²) in [7, 11) is 0. The molecule has 2 aromatic heterocycles. The molecular weight excluding hydrogens is 833 g/mol. The van der Waals surface area contributed by atoms with Gasteiger partial charge in [0.2, 0.25) is 0 Å². The fourth-order valence-electron chi connectivity index (χ4n) is 10.5. The van der Waals surface area contributed by atoms with E-state index in [1.165, 1.54) is 53.6 Å². The lowest BCUT2D eigenvalue weighted by Gasteiger charge is -2.40. The molecule has 0 radical (unpaired) electrons. The molecule has 0 spiro atoms. The van der Waals surface area contributed by atoms with Gasteiger partial charge in [0.15, 0.2) is 0 Å². The number of benzene rings is 6. The van der Waals surface area contributed by atoms with Gasteiger partial charge in [-0.2, -0.15) is 0 Å². The van der Waals surface area contributed by atoms with Crippen LogP contribution >= 0.6 is 22.7 Å². The van der Waals surface area contributed by atoms with Gasteiger partial charge in [-0.3, -0.25) is 9.80 Å². The molecular formula is C58H62N4OS2. The first-order valence-electron chi connectivity index (χ1n) is 23.9. The molecule has 0 aliphatic carbocycles. The molecule has 8 aromatic rings. The second kappa shape index (κ2) is 21.6. The predicted octanol–water partition coefficient (Wildman–Crippen LogP) is 12.6. The fourth-order valence-corrected chi connectivity index (χ4v) is 12.0. The predicted molar refractivity (Wildman–Crippen MR) is 275 cm³/mol. The zero-order chi connectivity index (χ0) is 43.6. The largest absolute Gasteiger partial charge is 0.380 e. The molecule has 332 valence electrons. The standard InChI is InChI=1S/C58H62N4OS2/c1-5-13-45(14-6-1)57(46-15-7-2-8-16-46)61-35-31-59(32-36-61)29-25-53(49-21-23-55-51(41-49)27-39-64-55)43-63-44-54(50-22-24-56-52(42-50)28-40-65-56)26-30-60-33-37-62(38-34-60)58(47-17-9-3-10-18-47)48-19-11-4-12-20-48/h1-24,27-28,39-42,53-54,57-58H,25-26,29-38,43-44H2. The van der Waals surface area contributed by atoms with Gasteiger partial charge in [-0.15, -0.1) is 22.7 Å². The number of hydrogen-bond acceptors (Lipinski definition) is 7. The van der Waals surface area contributed by atoms with Crippen LogP contribution in [0.5, 0.6) is 0 Å². The van der Waals surface area contributed by atoms with Gasteiger partial charge in [0.05, 0.1) is 25.3 Å². The van der Waals surface area contributed by atoms with Crippen LogP contribution in [0.25, 0.3) is 20.2 Å². The van der Waals surface area contributed by atoms with E-state index in [4.69, 9.17) is 4.74 Å². The molecule has 2 unspecified atom stereocenters. The molecule has 5 nitrogen and oxygen atoms in total. The Kier molecular flexibility index (Phi) is 14.6. The van der Waals surface area contributed by atoms with Gasteiger partial charge in [0.25, 0.3) is 0 Å². The van der Waals surface area contributed by atoms with Crippen LogP contribution in [0.4, 0.5) is 0 Å². The summed E-state index contributed by atoms with van der Waals surface area (Å²) in [5.41, 5.74) is 8.31. The molecule has 2 saturated heterocycles. The normalized spacial score (nSPS) is 16.8. The van der Waals surface area contributed by atoms with Crippen molar-refractivity contribution >= 4 is 42.8 Å². The van der Waals surface area contributed by atoms with Crippen LogP contribution in [-0.4, -0.2) is 98.3 Å². The minimum atomic E-state index is 0.280. The van der Waals surface area contributed by atoms with Crippen LogP contribution in [0, 0.1) is 0 Å². The SMILES string of the molecule is c1ccc(C(c2ccccc2)N2CCN(CCC(COCC(CCN3CCN(C(c4ccccc4)c4ccccc4)CC3)c3ccc4sccc4c3)c3ccc4sccc4c3)CC2)cc1. The maximum atomic E-state index is 6.98. The number of fused-ring (bicyclic) bond motifs is 2. The van der Waals surface area contributed by atoms with Crippen molar-refractivity contribution in [1.29, 1.82) is 0 Å². The topological polar surface area (TPSA) is 22.2 Å². The molecule has 6 aromatic carbocycles. The van der Waals surface area contributed by atoms with Crippen molar-refractivity contribution in [1.82, 2.24) is 19.6 Å².